The van der Waals surface area contributed by atoms with E-state index < -0.39 is 0 Å². The first-order valence-electron chi connectivity index (χ1n) is 5.82. The van der Waals surface area contributed by atoms with Crippen LogP contribution in [0.25, 0.3) is 0 Å². The average molecular weight is 214 g/mol. The van der Waals surface area contributed by atoms with Crippen LogP contribution in [0.15, 0.2) is 0 Å². The van der Waals surface area contributed by atoms with Crippen LogP contribution in [0, 0.1) is 5.92 Å². The molecule has 4 heteroatoms. The number of amides is 1. The van der Waals surface area contributed by atoms with Crippen molar-refractivity contribution in [2.45, 2.75) is 25.7 Å². The van der Waals surface area contributed by atoms with E-state index in [2.05, 4.69) is 10.6 Å². The van der Waals surface area contributed by atoms with Gasteiger partial charge in [-0.1, -0.05) is 0 Å². The van der Waals surface area contributed by atoms with Crippen molar-refractivity contribution in [1.29, 1.82) is 0 Å². The molecule has 1 heterocycles. The maximum atomic E-state index is 10.9. The van der Waals surface area contributed by atoms with Crippen molar-refractivity contribution in [3.63, 3.8) is 0 Å². The lowest BCUT2D eigenvalue weighted by atomic mass is 9.97. The molecular formula is C11H22N2O2. The molecule has 1 fully saturated rings. The highest BCUT2D eigenvalue weighted by molar-refractivity contribution is 5.75. The molecule has 0 saturated carbocycles. The minimum Gasteiger partial charge on any atom is -0.381 e. The van der Waals surface area contributed by atoms with Crippen molar-refractivity contribution in [2.24, 2.45) is 5.92 Å². The molecule has 15 heavy (non-hydrogen) atoms. The van der Waals surface area contributed by atoms with Gasteiger partial charge in [-0.15, -0.1) is 0 Å². The molecule has 4 nitrogen and oxygen atoms in total. The summed E-state index contributed by atoms with van der Waals surface area (Å²) in [5, 5.41) is 5.96. The van der Waals surface area contributed by atoms with Gasteiger partial charge in [-0.25, -0.2) is 0 Å². The normalized spacial score (nSPS) is 21.3. The molecule has 0 aromatic rings. The molecule has 1 atom stereocenters. The number of nitrogens with one attached hydrogen (secondary N) is 2. The van der Waals surface area contributed by atoms with E-state index in [1.165, 1.54) is 12.8 Å². The van der Waals surface area contributed by atoms with E-state index in [-0.39, 0.29) is 5.91 Å². The summed E-state index contributed by atoms with van der Waals surface area (Å²) in [7, 11) is 1.65. The van der Waals surface area contributed by atoms with E-state index in [1.807, 2.05) is 0 Å². The number of ether oxygens (including phenoxy) is 1. The van der Waals surface area contributed by atoms with Crippen LogP contribution in [0.5, 0.6) is 0 Å². The standard InChI is InChI=1S/C11H22N2O2/c1-12-11(14)5-8-15-7-4-10-3-2-6-13-9-10/h10,13H,2-9H2,1H3,(H,12,14). The van der Waals surface area contributed by atoms with Gasteiger partial charge in [-0.3, -0.25) is 4.79 Å². The van der Waals surface area contributed by atoms with Gasteiger partial charge < -0.3 is 15.4 Å². The zero-order valence-electron chi connectivity index (χ0n) is 9.55. The Morgan fingerprint density at radius 3 is 3.07 bits per heavy atom. The number of piperidine rings is 1. The number of rotatable bonds is 6. The fraction of sp³-hybridized carbons (Fsp3) is 0.909. The Labute approximate surface area is 91.8 Å². The quantitative estimate of drug-likeness (QED) is 0.634. The lowest BCUT2D eigenvalue weighted by Crippen LogP contribution is -2.30. The average Bonchev–Trinajstić information content (AvgIpc) is 2.29. The SMILES string of the molecule is CNC(=O)CCOCCC1CCCNC1. The zero-order valence-corrected chi connectivity index (χ0v) is 9.55. The second-order valence-electron chi connectivity index (χ2n) is 4.04. The Balaban J connectivity index is 1.89. The Morgan fingerprint density at radius 1 is 1.53 bits per heavy atom. The predicted octanol–water partition coefficient (Wildman–Crippen LogP) is 0.529. The van der Waals surface area contributed by atoms with E-state index in [0.29, 0.717) is 13.0 Å². The van der Waals surface area contributed by atoms with Crippen LogP contribution < -0.4 is 10.6 Å². The van der Waals surface area contributed by atoms with E-state index >= 15 is 0 Å². The van der Waals surface area contributed by atoms with Gasteiger partial charge in [-0.2, -0.15) is 0 Å². The van der Waals surface area contributed by atoms with E-state index in [0.717, 1.165) is 32.0 Å². The first-order chi connectivity index (χ1) is 7.33. The molecule has 2 N–H and O–H groups in total. The molecule has 0 bridgehead atoms. The third kappa shape index (κ3) is 5.74. The molecule has 88 valence electrons. The van der Waals surface area contributed by atoms with Gasteiger partial charge in [0.15, 0.2) is 0 Å². The van der Waals surface area contributed by atoms with Crippen LogP contribution in [-0.2, 0) is 9.53 Å². The van der Waals surface area contributed by atoms with Gasteiger partial charge in [0, 0.05) is 20.1 Å². The van der Waals surface area contributed by atoms with Gasteiger partial charge in [0.25, 0.3) is 0 Å². The molecule has 0 aliphatic carbocycles. The maximum absolute atomic E-state index is 10.9. The number of carbonyl (C=O) groups excluding carboxylic acids is 1. The predicted molar refractivity (Wildman–Crippen MR) is 59.7 cm³/mol. The summed E-state index contributed by atoms with van der Waals surface area (Å²) in [6.07, 6.45) is 4.18. The molecule has 1 aliphatic rings. The first kappa shape index (κ1) is 12.5. The second-order valence-corrected chi connectivity index (χ2v) is 4.04. The summed E-state index contributed by atoms with van der Waals surface area (Å²) in [5.74, 6) is 0.813. The fourth-order valence-corrected chi connectivity index (χ4v) is 1.81. The van der Waals surface area contributed by atoms with Crippen molar-refractivity contribution in [2.75, 3.05) is 33.4 Å². The van der Waals surface area contributed by atoms with Crippen molar-refractivity contribution in [3.05, 3.63) is 0 Å². The summed E-state index contributed by atoms with van der Waals surface area (Å²) in [4.78, 5) is 10.9. The zero-order chi connectivity index (χ0) is 10.9. The van der Waals surface area contributed by atoms with Crippen LogP contribution >= 0.6 is 0 Å². The van der Waals surface area contributed by atoms with Crippen molar-refractivity contribution < 1.29 is 9.53 Å². The van der Waals surface area contributed by atoms with Crippen molar-refractivity contribution in [1.82, 2.24) is 10.6 Å². The number of carbonyl (C=O) groups is 1. The smallest absolute Gasteiger partial charge is 0.222 e. The minimum atomic E-state index is 0.0503. The lowest BCUT2D eigenvalue weighted by molar-refractivity contribution is -0.121. The van der Waals surface area contributed by atoms with Crippen LogP contribution in [0.3, 0.4) is 0 Å². The lowest BCUT2D eigenvalue weighted by Gasteiger charge is -2.22. The summed E-state index contributed by atoms with van der Waals surface area (Å²) in [6, 6.07) is 0. The van der Waals surface area contributed by atoms with Crippen LogP contribution in [0.1, 0.15) is 25.7 Å². The molecule has 1 unspecified atom stereocenters. The maximum Gasteiger partial charge on any atom is 0.222 e. The minimum absolute atomic E-state index is 0.0503. The Bertz CT molecular complexity index is 179. The first-order valence-corrected chi connectivity index (χ1v) is 5.82. The third-order valence-corrected chi connectivity index (χ3v) is 2.82. The van der Waals surface area contributed by atoms with Gasteiger partial charge in [-0.05, 0) is 38.3 Å². The molecule has 1 amide bonds. The molecule has 0 aromatic carbocycles. The Morgan fingerprint density at radius 2 is 2.40 bits per heavy atom. The van der Waals surface area contributed by atoms with Gasteiger partial charge in [0.05, 0.1) is 6.61 Å². The molecule has 1 aliphatic heterocycles. The van der Waals surface area contributed by atoms with Crippen molar-refractivity contribution >= 4 is 5.91 Å². The topological polar surface area (TPSA) is 50.4 Å². The Hall–Kier alpha value is -0.610. The summed E-state index contributed by atoms with van der Waals surface area (Å²) < 4.78 is 5.42. The molecule has 0 aromatic heterocycles. The highest BCUT2D eigenvalue weighted by Crippen LogP contribution is 2.13. The summed E-state index contributed by atoms with van der Waals surface area (Å²) in [5.41, 5.74) is 0. The highest BCUT2D eigenvalue weighted by Gasteiger charge is 2.12. The fourth-order valence-electron chi connectivity index (χ4n) is 1.81. The molecular weight excluding hydrogens is 192 g/mol. The highest BCUT2D eigenvalue weighted by atomic mass is 16.5. The third-order valence-electron chi connectivity index (χ3n) is 2.82. The van der Waals surface area contributed by atoms with E-state index in [9.17, 15) is 4.79 Å². The van der Waals surface area contributed by atoms with Crippen LogP contribution in [0.2, 0.25) is 0 Å². The largest absolute Gasteiger partial charge is 0.381 e. The van der Waals surface area contributed by atoms with E-state index in [1.54, 1.807) is 7.05 Å². The van der Waals surface area contributed by atoms with Gasteiger partial charge >= 0.3 is 0 Å². The molecule has 0 radical (unpaired) electrons. The molecule has 1 rings (SSSR count). The monoisotopic (exact) mass is 214 g/mol. The van der Waals surface area contributed by atoms with Crippen LogP contribution in [0.4, 0.5) is 0 Å². The van der Waals surface area contributed by atoms with Gasteiger partial charge in [0.2, 0.25) is 5.91 Å². The summed E-state index contributed by atoms with van der Waals surface area (Å²) in [6.45, 7) is 3.61. The molecule has 0 spiro atoms. The Kier molecular flexibility index (Phi) is 6.36. The second kappa shape index (κ2) is 7.65. The number of hydrogen-bond donors (Lipinski definition) is 2. The van der Waals surface area contributed by atoms with Crippen molar-refractivity contribution in [3.8, 4) is 0 Å². The van der Waals surface area contributed by atoms with E-state index in [4.69, 9.17) is 4.74 Å². The number of hydrogen-bond acceptors (Lipinski definition) is 3. The van der Waals surface area contributed by atoms with Crippen LogP contribution in [-0.4, -0.2) is 39.3 Å². The molecule has 1 saturated heterocycles. The van der Waals surface area contributed by atoms with Gasteiger partial charge in [0.1, 0.15) is 0 Å². The summed E-state index contributed by atoms with van der Waals surface area (Å²) >= 11 is 0.